The molecule has 0 saturated heterocycles. The molecule has 3 N–H and O–H groups in total. The van der Waals surface area contributed by atoms with Crippen LogP contribution in [0.5, 0.6) is 0 Å². The van der Waals surface area contributed by atoms with Gasteiger partial charge < -0.3 is 15.6 Å². The first-order valence-electron chi connectivity index (χ1n) is 11.2. The van der Waals surface area contributed by atoms with Gasteiger partial charge in [0.15, 0.2) is 0 Å². The highest BCUT2D eigenvalue weighted by atomic mass is 16.5. The second-order valence-electron chi connectivity index (χ2n) is 8.01. The van der Waals surface area contributed by atoms with Crippen LogP contribution < -0.4 is 16.6 Å². The second kappa shape index (κ2) is 9.31. The zero-order chi connectivity index (χ0) is 25.2. The molecule has 0 fully saturated rings. The molecule has 0 radical (unpaired) electrons. The fraction of sp³-hybridized carbons (Fsp3) is 0.154. The first-order chi connectivity index (χ1) is 17.5. The third-order valence-electron chi connectivity index (χ3n) is 5.57. The van der Waals surface area contributed by atoms with Crippen molar-refractivity contribution in [1.29, 1.82) is 0 Å². The highest BCUT2D eigenvalue weighted by molar-refractivity contribution is 5.85. The summed E-state index contributed by atoms with van der Waals surface area (Å²) in [5, 5.41) is 7.74. The lowest BCUT2D eigenvalue weighted by Gasteiger charge is -2.21. The SMILES string of the molecule is CC#Cc1cccc2nc(C(C)Nc3ncnc(N)c3-c3noc(C)n3)n(-c3ccccc3)c(=O)c12. The van der Waals surface area contributed by atoms with Gasteiger partial charge in [-0.3, -0.25) is 9.36 Å². The minimum Gasteiger partial charge on any atom is -0.383 e. The Hall–Kier alpha value is -5.04. The number of nitrogens with zero attached hydrogens (tertiary/aromatic N) is 6. The van der Waals surface area contributed by atoms with Gasteiger partial charge in [-0.2, -0.15) is 4.98 Å². The average molecular weight is 479 g/mol. The maximum absolute atomic E-state index is 13.9. The van der Waals surface area contributed by atoms with Crippen LogP contribution in [0.15, 0.2) is 64.2 Å². The van der Waals surface area contributed by atoms with Crippen molar-refractivity contribution >= 4 is 22.5 Å². The average Bonchev–Trinajstić information content (AvgIpc) is 3.30. The van der Waals surface area contributed by atoms with Crippen molar-refractivity contribution in [3.05, 3.63) is 82.5 Å². The van der Waals surface area contributed by atoms with Crippen molar-refractivity contribution in [2.45, 2.75) is 26.8 Å². The Kier molecular flexibility index (Phi) is 5.88. The van der Waals surface area contributed by atoms with Gasteiger partial charge in [0.05, 0.1) is 22.6 Å². The number of rotatable bonds is 5. The molecule has 1 atom stereocenters. The van der Waals surface area contributed by atoms with Gasteiger partial charge in [-0.1, -0.05) is 35.3 Å². The molecule has 2 aromatic carbocycles. The molecule has 3 heterocycles. The van der Waals surface area contributed by atoms with Crippen LogP contribution in [0.25, 0.3) is 28.0 Å². The molecule has 5 rings (SSSR count). The van der Waals surface area contributed by atoms with E-state index in [4.69, 9.17) is 15.2 Å². The zero-order valence-electron chi connectivity index (χ0n) is 19.9. The Morgan fingerprint density at radius 2 is 1.89 bits per heavy atom. The summed E-state index contributed by atoms with van der Waals surface area (Å²) in [7, 11) is 0. The summed E-state index contributed by atoms with van der Waals surface area (Å²) in [5.41, 5.74) is 8.18. The van der Waals surface area contributed by atoms with E-state index in [2.05, 4.69) is 37.3 Å². The van der Waals surface area contributed by atoms with Gasteiger partial charge in [-0.05, 0) is 38.1 Å². The molecule has 36 heavy (non-hydrogen) atoms. The first kappa shape index (κ1) is 22.7. The quantitative estimate of drug-likeness (QED) is 0.362. The monoisotopic (exact) mass is 478 g/mol. The molecule has 178 valence electrons. The van der Waals surface area contributed by atoms with Gasteiger partial charge in [-0.25, -0.2) is 15.0 Å². The summed E-state index contributed by atoms with van der Waals surface area (Å²) >= 11 is 0. The van der Waals surface area contributed by atoms with Crippen LogP contribution in [-0.2, 0) is 0 Å². The van der Waals surface area contributed by atoms with Gasteiger partial charge in [0.25, 0.3) is 5.56 Å². The smallest absolute Gasteiger partial charge is 0.267 e. The number of fused-ring (bicyclic) bond motifs is 1. The molecule has 0 aliphatic rings. The van der Waals surface area contributed by atoms with Crippen molar-refractivity contribution in [1.82, 2.24) is 29.7 Å². The number of aryl methyl sites for hydroxylation is 1. The van der Waals surface area contributed by atoms with E-state index in [-0.39, 0.29) is 17.2 Å². The number of aromatic nitrogens is 6. The summed E-state index contributed by atoms with van der Waals surface area (Å²) in [6.45, 7) is 5.30. The number of para-hydroxylation sites is 1. The van der Waals surface area contributed by atoms with Gasteiger partial charge in [0.1, 0.15) is 29.4 Å². The van der Waals surface area contributed by atoms with Crippen LogP contribution >= 0.6 is 0 Å². The van der Waals surface area contributed by atoms with E-state index in [1.165, 1.54) is 6.33 Å². The highest BCUT2D eigenvalue weighted by Gasteiger charge is 2.23. The predicted octanol–water partition coefficient (Wildman–Crippen LogP) is 3.66. The molecular formula is C26H22N8O2. The van der Waals surface area contributed by atoms with Crippen LogP contribution in [0.2, 0.25) is 0 Å². The predicted molar refractivity (Wildman–Crippen MR) is 136 cm³/mol. The second-order valence-corrected chi connectivity index (χ2v) is 8.01. The van der Waals surface area contributed by atoms with Crippen LogP contribution in [0, 0.1) is 18.8 Å². The molecule has 0 spiro atoms. The topological polar surface area (TPSA) is 138 Å². The van der Waals surface area contributed by atoms with Gasteiger partial charge >= 0.3 is 0 Å². The fourth-order valence-electron chi connectivity index (χ4n) is 4.00. The van der Waals surface area contributed by atoms with Crippen LogP contribution in [-0.4, -0.2) is 29.7 Å². The van der Waals surface area contributed by atoms with E-state index < -0.39 is 6.04 Å². The van der Waals surface area contributed by atoms with E-state index >= 15 is 0 Å². The van der Waals surface area contributed by atoms with Crippen LogP contribution in [0.1, 0.15) is 37.2 Å². The van der Waals surface area contributed by atoms with Gasteiger partial charge in [0, 0.05) is 12.5 Å². The third-order valence-corrected chi connectivity index (χ3v) is 5.57. The van der Waals surface area contributed by atoms with E-state index in [0.717, 1.165) is 0 Å². The summed E-state index contributed by atoms with van der Waals surface area (Å²) in [5.74, 6) is 7.59. The normalized spacial score (nSPS) is 11.6. The minimum absolute atomic E-state index is 0.190. The number of nitrogens with two attached hydrogens (primary N) is 1. The lowest BCUT2D eigenvalue weighted by Crippen LogP contribution is -2.28. The molecule has 0 aliphatic heterocycles. The zero-order valence-corrected chi connectivity index (χ0v) is 19.9. The lowest BCUT2D eigenvalue weighted by atomic mass is 10.1. The van der Waals surface area contributed by atoms with Crippen molar-refractivity contribution in [2.24, 2.45) is 0 Å². The summed E-state index contributed by atoms with van der Waals surface area (Å²) < 4.78 is 6.71. The molecule has 0 aliphatic carbocycles. The number of hydrogen-bond acceptors (Lipinski definition) is 9. The Labute approximate surface area is 206 Å². The lowest BCUT2D eigenvalue weighted by molar-refractivity contribution is 0.394. The Balaban J connectivity index is 1.70. The number of benzene rings is 2. The molecule has 0 saturated carbocycles. The molecule has 10 heteroatoms. The van der Waals surface area contributed by atoms with Crippen molar-refractivity contribution < 1.29 is 4.52 Å². The molecule has 10 nitrogen and oxygen atoms in total. The standard InChI is InChI=1S/C26H22N8O2/c1-4-9-17-10-8-13-19-20(17)26(35)34(18-11-6-5-7-12-18)25(32-19)15(2)30-23-21(22(27)28-14-29-23)24-31-16(3)36-33-24/h5-8,10-15H,1-3H3,(H3,27,28,29,30). The first-order valence-corrected chi connectivity index (χ1v) is 11.2. The number of hydrogen-bond donors (Lipinski definition) is 2. The molecule has 5 aromatic rings. The molecule has 1 unspecified atom stereocenters. The summed E-state index contributed by atoms with van der Waals surface area (Å²) in [4.78, 5) is 31.5. The van der Waals surface area contributed by atoms with E-state index in [0.29, 0.717) is 45.3 Å². The van der Waals surface area contributed by atoms with E-state index in [1.54, 1.807) is 24.5 Å². The Morgan fingerprint density at radius 3 is 2.61 bits per heavy atom. The maximum atomic E-state index is 13.9. The molecule has 0 bridgehead atoms. The summed E-state index contributed by atoms with van der Waals surface area (Å²) in [6, 6.07) is 14.3. The number of nitrogen functional groups attached to an aromatic ring is 1. The van der Waals surface area contributed by atoms with Crippen molar-refractivity contribution in [2.75, 3.05) is 11.1 Å². The number of anilines is 2. The highest BCUT2D eigenvalue weighted by Crippen LogP contribution is 2.31. The van der Waals surface area contributed by atoms with Crippen molar-refractivity contribution in [3.8, 4) is 28.9 Å². The van der Waals surface area contributed by atoms with E-state index in [1.807, 2.05) is 49.4 Å². The summed E-state index contributed by atoms with van der Waals surface area (Å²) in [6.07, 6.45) is 1.34. The van der Waals surface area contributed by atoms with E-state index in [9.17, 15) is 4.79 Å². The molecule has 0 amide bonds. The minimum atomic E-state index is -0.482. The fourth-order valence-corrected chi connectivity index (χ4v) is 4.00. The third kappa shape index (κ3) is 4.03. The number of nitrogens with one attached hydrogen (secondary N) is 1. The Morgan fingerprint density at radius 1 is 1.08 bits per heavy atom. The molecular weight excluding hydrogens is 456 g/mol. The van der Waals surface area contributed by atoms with Crippen LogP contribution in [0.3, 0.4) is 0 Å². The van der Waals surface area contributed by atoms with Gasteiger partial charge in [0.2, 0.25) is 11.7 Å². The van der Waals surface area contributed by atoms with Crippen molar-refractivity contribution in [3.63, 3.8) is 0 Å². The van der Waals surface area contributed by atoms with Crippen LogP contribution in [0.4, 0.5) is 11.6 Å². The maximum Gasteiger partial charge on any atom is 0.267 e. The van der Waals surface area contributed by atoms with Gasteiger partial charge in [-0.15, -0.1) is 5.92 Å². The molecule has 3 aromatic heterocycles. The largest absolute Gasteiger partial charge is 0.383 e. The Bertz CT molecular complexity index is 1700.